The van der Waals surface area contributed by atoms with Gasteiger partial charge >= 0.3 is 5.97 Å². The van der Waals surface area contributed by atoms with Crippen LogP contribution < -0.4 is 10.1 Å². The van der Waals surface area contributed by atoms with E-state index >= 15 is 0 Å². The molecular weight excluding hydrogens is 234 g/mol. The summed E-state index contributed by atoms with van der Waals surface area (Å²) in [5.74, 6) is -0.466. The number of benzene rings is 1. The summed E-state index contributed by atoms with van der Waals surface area (Å²) in [5, 5.41) is 11.1. The van der Waals surface area contributed by atoms with E-state index in [9.17, 15) is 9.59 Å². The van der Waals surface area contributed by atoms with E-state index in [0.717, 1.165) is 16.9 Å². The largest absolute Gasteiger partial charge is 0.496 e. The van der Waals surface area contributed by atoms with Crippen molar-refractivity contribution in [3.05, 3.63) is 28.8 Å². The number of aliphatic carboxylic acids is 1. The Labute approximate surface area is 106 Å². The summed E-state index contributed by atoms with van der Waals surface area (Å²) in [5.41, 5.74) is 2.20. The number of amides is 1. The van der Waals surface area contributed by atoms with Gasteiger partial charge < -0.3 is 15.2 Å². The Balaban J connectivity index is 2.80. The fourth-order valence-electron chi connectivity index (χ4n) is 1.63. The van der Waals surface area contributed by atoms with E-state index in [1.165, 1.54) is 0 Å². The van der Waals surface area contributed by atoms with E-state index in [1.807, 2.05) is 13.8 Å². The van der Waals surface area contributed by atoms with Crippen LogP contribution in [0.1, 0.15) is 27.9 Å². The van der Waals surface area contributed by atoms with Crippen molar-refractivity contribution >= 4 is 11.9 Å². The molecule has 0 unspecified atom stereocenters. The molecule has 5 heteroatoms. The lowest BCUT2D eigenvalue weighted by Gasteiger charge is -2.11. The summed E-state index contributed by atoms with van der Waals surface area (Å²) in [4.78, 5) is 22.2. The molecule has 2 N–H and O–H groups in total. The maximum atomic E-state index is 11.9. The van der Waals surface area contributed by atoms with Crippen LogP contribution in [0.4, 0.5) is 0 Å². The average molecular weight is 251 g/mol. The molecule has 1 aromatic rings. The maximum absolute atomic E-state index is 11.9. The lowest BCUT2D eigenvalue weighted by atomic mass is 10.0. The van der Waals surface area contributed by atoms with Gasteiger partial charge in [-0.05, 0) is 37.1 Å². The molecule has 0 bridgehead atoms. The number of carbonyl (C=O) groups is 2. The number of aryl methyl sites for hydroxylation is 2. The number of rotatable bonds is 5. The van der Waals surface area contributed by atoms with Gasteiger partial charge in [-0.2, -0.15) is 0 Å². The lowest BCUT2D eigenvalue weighted by molar-refractivity contribution is -0.136. The van der Waals surface area contributed by atoms with Gasteiger partial charge in [-0.1, -0.05) is 0 Å². The van der Waals surface area contributed by atoms with Gasteiger partial charge in [0.1, 0.15) is 5.75 Å². The number of ether oxygens (including phenoxy) is 1. The van der Waals surface area contributed by atoms with E-state index in [0.29, 0.717) is 5.56 Å². The predicted octanol–water partition coefficient (Wildman–Crippen LogP) is 1.52. The molecule has 0 radical (unpaired) electrons. The van der Waals surface area contributed by atoms with Gasteiger partial charge in [-0.3, -0.25) is 9.59 Å². The van der Waals surface area contributed by atoms with Crippen LogP contribution in [-0.4, -0.2) is 30.6 Å². The quantitative estimate of drug-likeness (QED) is 0.831. The van der Waals surface area contributed by atoms with Crippen molar-refractivity contribution in [2.24, 2.45) is 0 Å². The van der Waals surface area contributed by atoms with Gasteiger partial charge in [0.05, 0.1) is 13.5 Å². The standard InChI is InChI=1S/C13H17NO4/c1-8-7-11(18-3)9(2)6-10(8)13(17)14-5-4-12(15)16/h6-7H,4-5H2,1-3H3,(H,14,17)(H,15,16). The molecule has 0 aliphatic carbocycles. The lowest BCUT2D eigenvalue weighted by Crippen LogP contribution is -2.26. The van der Waals surface area contributed by atoms with Gasteiger partial charge in [0.25, 0.3) is 5.91 Å². The summed E-state index contributed by atoms with van der Waals surface area (Å²) in [7, 11) is 1.58. The molecule has 0 saturated heterocycles. The van der Waals surface area contributed by atoms with E-state index < -0.39 is 5.97 Å². The van der Waals surface area contributed by atoms with Crippen molar-refractivity contribution in [1.29, 1.82) is 0 Å². The van der Waals surface area contributed by atoms with E-state index in [-0.39, 0.29) is 18.9 Å². The molecule has 0 atom stereocenters. The van der Waals surface area contributed by atoms with Crippen LogP contribution in [-0.2, 0) is 4.79 Å². The Kier molecular flexibility index (Phi) is 4.71. The molecule has 0 aliphatic rings. The molecule has 0 aromatic heterocycles. The third-order valence-corrected chi connectivity index (χ3v) is 2.61. The van der Waals surface area contributed by atoms with E-state index in [1.54, 1.807) is 19.2 Å². The summed E-state index contributed by atoms with van der Waals surface area (Å²) in [6.45, 7) is 3.79. The molecule has 0 heterocycles. The number of hydrogen-bond donors (Lipinski definition) is 2. The minimum atomic E-state index is -0.932. The van der Waals surface area contributed by atoms with Crippen molar-refractivity contribution in [2.45, 2.75) is 20.3 Å². The highest BCUT2D eigenvalue weighted by Gasteiger charge is 2.12. The second-order valence-electron chi connectivity index (χ2n) is 4.04. The van der Waals surface area contributed by atoms with Gasteiger partial charge in [-0.15, -0.1) is 0 Å². The SMILES string of the molecule is COc1cc(C)c(C(=O)NCCC(=O)O)cc1C. The summed E-state index contributed by atoms with van der Waals surface area (Å²) < 4.78 is 5.16. The minimum absolute atomic E-state index is 0.0834. The first-order chi connectivity index (χ1) is 8.45. The first-order valence-electron chi connectivity index (χ1n) is 5.61. The first-order valence-corrected chi connectivity index (χ1v) is 5.61. The Hall–Kier alpha value is -2.04. The van der Waals surface area contributed by atoms with Crippen molar-refractivity contribution < 1.29 is 19.4 Å². The number of carboxylic acid groups (broad SMARTS) is 1. The van der Waals surface area contributed by atoms with Crippen molar-refractivity contribution in [2.75, 3.05) is 13.7 Å². The molecule has 5 nitrogen and oxygen atoms in total. The number of methoxy groups -OCH3 is 1. The van der Waals surface area contributed by atoms with Crippen molar-refractivity contribution in [3.8, 4) is 5.75 Å². The van der Waals surface area contributed by atoms with Crippen LogP contribution in [0, 0.1) is 13.8 Å². The summed E-state index contributed by atoms with van der Waals surface area (Å²) in [6, 6.07) is 3.53. The highest BCUT2D eigenvalue weighted by atomic mass is 16.5. The maximum Gasteiger partial charge on any atom is 0.305 e. The predicted molar refractivity (Wildman–Crippen MR) is 67.1 cm³/mol. The van der Waals surface area contributed by atoms with Crippen molar-refractivity contribution in [1.82, 2.24) is 5.32 Å². The van der Waals surface area contributed by atoms with E-state index in [4.69, 9.17) is 9.84 Å². The normalized spacial score (nSPS) is 9.94. The molecule has 1 aromatic carbocycles. The zero-order valence-corrected chi connectivity index (χ0v) is 10.7. The number of hydrogen-bond acceptors (Lipinski definition) is 3. The molecule has 98 valence electrons. The fourth-order valence-corrected chi connectivity index (χ4v) is 1.63. The molecule has 1 rings (SSSR count). The molecule has 0 saturated carbocycles. The zero-order valence-electron chi connectivity index (χ0n) is 10.7. The molecule has 0 spiro atoms. The van der Waals surface area contributed by atoms with Gasteiger partial charge in [0.2, 0.25) is 0 Å². The Bertz CT molecular complexity index is 468. The molecule has 0 aliphatic heterocycles. The van der Waals surface area contributed by atoms with Gasteiger partial charge in [0, 0.05) is 12.1 Å². The molecule has 0 fully saturated rings. The third-order valence-electron chi connectivity index (χ3n) is 2.61. The Morgan fingerprint density at radius 1 is 1.28 bits per heavy atom. The fraction of sp³-hybridized carbons (Fsp3) is 0.385. The van der Waals surface area contributed by atoms with Crippen LogP contribution in [0.15, 0.2) is 12.1 Å². The highest BCUT2D eigenvalue weighted by Crippen LogP contribution is 2.22. The number of carboxylic acids is 1. The zero-order chi connectivity index (χ0) is 13.7. The number of nitrogens with one attached hydrogen (secondary N) is 1. The monoisotopic (exact) mass is 251 g/mol. The Morgan fingerprint density at radius 2 is 1.94 bits per heavy atom. The Morgan fingerprint density at radius 3 is 2.50 bits per heavy atom. The van der Waals surface area contributed by atoms with Crippen molar-refractivity contribution in [3.63, 3.8) is 0 Å². The minimum Gasteiger partial charge on any atom is -0.496 e. The summed E-state index contributed by atoms with van der Waals surface area (Å²) in [6.07, 6.45) is -0.0834. The number of carbonyl (C=O) groups excluding carboxylic acids is 1. The molecular formula is C13H17NO4. The highest BCUT2D eigenvalue weighted by molar-refractivity contribution is 5.96. The topological polar surface area (TPSA) is 75.6 Å². The van der Waals surface area contributed by atoms with Gasteiger partial charge in [-0.25, -0.2) is 0 Å². The smallest absolute Gasteiger partial charge is 0.305 e. The van der Waals surface area contributed by atoms with Crippen LogP contribution in [0.2, 0.25) is 0 Å². The summed E-state index contributed by atoms with van der Waals surface area (Å²) >= 11 is 0. The van der Waals surface area contributed by atoms with Crippen LogP contribution in [0.25, 0.3) is 0 Å². The first kappa shape index (κ1) is 14.0. The van der Waals surface area contributed by atoms with Crippen LogP contribution in [0.5, 0.6) is 5.75 Å². The van der Waals surface area contributed by atoms with Crippen LogP contribution in [0.3, 0.4) is 0 Å². The average Bonchev–Trinajstić information content (AvgIpc) is 2.30. The van der Waals surface area contributed by atoms with E-state index in [2.05, 4.69) is 5.32 Å². The van der Waals surface area contributed by atoms with Gasteiger partial charge in [0.15, 0.2) is 0 Å². The van der Waals surface area contributed by atoms with Crippen LogP contribution >= 0.6 is 0 Å². The third kappa shape index (κ3) is 3.48. The second-order valence-corrected chi connectivity index (χ2v) is 4.04. The molecule has 1 amide bonds. The molecule has 18 heavy (non-hydrogen) atoms. The second kappa shape index (κ2) is 6.05.